The first-order chi connectivity index (χ1) is 13.6. The minimum absolute atomic E-state index is 0.203. The van der Waals surface area contributed by atoms with Gasteiger partial charge in [0.05, 0.1) is 33.4 Å². The van der Waals surface area contributed by atoms with Crippen molar-refractivity contribution in [1.29, 1.82) is 0 Å². The first-order valence-electron chi connectivity index (χ1n) is 8.85. The summed E-state index contributed by atoms with van der Waals surface area (Å²) in [5.74, 6) is 1.04. The fourth-order valence-electron chi connectivity index (χ4n) is 3.24. The van der Waals surface area contributed by atoms with Crippen molar-refractivity contribution in [2.24, 2.45) is 0 Å². The average Bonchev–Trinajstić information content (AvgIpc) is 2.75. The number of rotatable bonds is 5. The van der Waals surface area contributed by atoms with E-state index in [1.165, 1.54) is 7.11 Å². The molecule has 0 bridgehead atoms. The van der Waals surface area contributed by atoms with Gasteiger partial charge in [0.25, 0.3) is 5.91 Å². The summed E-state index contributed by atoms with van der Waals surface area (Å²) in [6, 6.07) is 5.49. The third kappa shape index (κ3) is 4.00. The Morgan fingerprint density at radius 3 is 2.64 bits per heavy atom. The maximum Gasteiger partial charge on any atom is 0.409 e. The number of fused-ring (bicyclic) bond motifs is 1. The lowest BCUT2D eigenvalue weighted by molar-refractivity contribution is 0.0948. The van der Waals surface area contributed by atoms with E-state index >= 15 is 0 Å². The monoisotopic (exact) mass is 385 g/mol. The van der Waals surface area contributed by atoms with Gasteiger partial charge in [0.15, 0.2) is 11.5 Å². The van der Waals surface area contributed by atoms with Crippen molar-refractivity contribution in [3.63, 3.8) is 0 Å². The maximum atomic E-state index is 12.7. The number of ether oxygens (including phenoxy) is 3. The predicted octanol–water partition coefficient (Wildman–Crippen LogP) is 2.15. The number of benzene rings is 1. The molecule has 1 N–H and O–H groups in total. The van der Waals surface area contributed by atoms with Crippen LogP contribution in [-0.4, -0.2) is 49.8 Å². The highest BCUT2D eigenvalue weighted by atomic mass is 16.5. The van der Waals surface area contributed by atoms with E-state index in [9.17, 15) is 9.59 Å². The van der Waals surface area contributed by atoms with Gasteiger partial charge in [0, 0.05) is 25.5 Å². The van der Waals surface area contributed by atoms with Gasteiger partial charge in [-0.3, -0.25) is 9.78 Å². The number of pyridine rings is 1. The molecule has 0 saturated heterocycles. The number of hydrogen-bond acceptors (Lipinski definition) is 6. The van der Waals surface area contributed by atoms with Crippen LogP contribution in [0, 0.1) is 0 Å². The minimum atomic E-state index is -0.381. The number of carbonyl (C=O) groups is 2. The number of nitrogens with one attached hydrogen (secondary N) is 1. The van der Waals surface area contributed by atoms with E-state index in [1.807, 2.05) is 12.1 Å². The number of aromatic nitrogens is 1. The zero-order valence-corrected chi connectivity index (χ0v) is 16.2. The topological polar surface area (TPSA) is 90.0 Å². The van der Waals surface area contributed by atoms with Crippen molar-refractivity contribution in [3.05, 3.63) is 52.8 Å². The van der Waals surface area contributed by atoms with Gasteiger partial charge in [-0.2, -0.15) is 0 Å². The van der Waals surface area contributed by atoms with Crippen LogP contribution in [0.4, 0.5) is 4.79 Å². The zero-order valence-electron chi connectivity index (χ0n) is 16.2. The summed E-state index contributed by atoms with van der Waals surface area (Å²) in [7, 11) is 4.50. The van der Waals surface area contributed by atoms with Gasteiger partial charge in [-0.05, 0) is 35.2 Å². The van der Waals surface area contributed by atoms with E-state index in [0.29, 0.717) is 43.1 Å². The van der Waals surface area contributed by atoms with E-state index < -0.39 is 0 Å². The fourth-order valence-corrected chi connectivity index (χ4v) is 3.24. The van der Waals surface area contributed by atoms with Crippen molar-refractivity contribution in [2.45, 2.75) is 19.5 Å². The molecule has 1 aliphatic heterocycles. The summed E-state index contributed by atoms with van der Waals surface area (Å²) in [5.41, 5.74) is 3.19. The quantitative estimate of drug-likeness (QED) is 0.848. The minimum Gasteiger partial charge on any atom is -0.493 e. The molecule has 2 heterocycles. The van der Waals surface area contributed by atoms with Gasteiger partial charge < -0.3 is 24.4 Å². The van der Waals surface area contributed by atoms with Crippen LogP contribution in [0.25, 0.3) is 0 Å². The molecule has 1 aromatic heterocycles. The third-order valence-electron chi connectivity index (χ3n) is 4.72. The Morgan fingerprint density at radius 1 is 1.14 bits per heavy atom. The van der Waals surface area contributed by atoms with Gasteiger partial charge >= 0.3 is 6.09 Å². The molecule has 28 heavy (non-hydrogen) atoms. The fraction of sp³-hybridized carbons (Fsp3) is 0.350. The summed E-state index contributed by atoms with van der Waals surface area (Å²) in [4.78, 5) is 30.2. The summed E-state index contributed by atoms with van der Waals surface area (Å²) < 4.78 is 15.3. The SMILES string of the molecule is COC(=O)N1CCc2c(cncc2C(=O)NCc2ccc(OC)c(OC)c2)C1. The molecule has 148 valence electrons. The van der Waals surface area contributed by atoms with E-state index in [2.05, 4.69) is 10.3 Å². The average molecular weight is 385 g/mol. The van der Waals surface area contributed by atoms with Crippen molar-refractivity contribution in [2.75, 3.05) is 27.9 Å². The summed E-state index contributed by atoms with van der Waals surface area (Å²) in [6.07, 6.45) is 3.45. The molecule has 0 saturated carbocycles. The smallest absolute Gasteiger partial charge is 0.409 e. The normalized spacial score (nSPS) is 12.8. The van der Waals surface area contributed by atoms with Gasteiger partial charge in [0.1, 0.15) is 0 Å². The van der Waals surface area contributed by atoms with Crippen molar-refractivity contribution in [1.82, 2.24) is 15.2 Å². The molecule has 0 fully saturated rings. The molecular weight excluding hydrogens is 362 g/mol. The maximum absolute atomic E-state index is 12.7. The predicted molar refractivity (Wildman–Crippen MR) is 101 cm³/mol. The molecule has 3 rings (SSSR count). The Labute approximate surface area is 163 Å². The zero-order chi connectivity index (χ0) is 20.1. The van der Waals surface area contributed by atoms with Gasteiger partial charge in [-0.15, -0.1) is 0 Å². The Bertz CT molecular complexity index is 884. The van der Waals surface area contributed by atoms with Crippen LogP contribution in [0.1, 0.15) is 27.0 Å². The number of hydrogen-bond donors (Lipinski definition) is 1. The molecule has 2 amide bonds. The summed E-state index contributed by atoms with van der Waals surface area (Å²) >= 11 is 0. The Morgan fingerprint density at radius 2 is 1.93 bits per heavy atom. The number of nitrogens with zero attached hydrogens (tertiary/aromatic N) is 2. The van der Waals surface area contributed by atoms with Crippen molar-refractivity contribution in [3.8, 4) is 11.5 Å². The lowest BCUT2D eigenvalue weighted by atomic mass is 9.97. The Balaban J connectivity index is 1.72. The van der Waals surface area contributed by atoms with E-state index in [4.69, 9.17) is 14.2 Å². The molecule has 0 atom stereocenters. The highest BCUT2D eigenvalue weighted by Gasteiger charge is 2.25. The molecular formula is C20H23N3O5. The van der Waals surface area contributed by atoms with E-state index in [-0.39, 0.29) is 12.0 Å². The lowest BCUT2D eigenvalue weighted by Gasteiger charge is -2.28. The van der Waals surface area contributed by atoms with E-state index in [0.717, 1.165) is 16.7 Å². The Hall–Kier alpha value is -3.29. The Kier molecular flexibility index (Phi) is 5.98. The first kappa shape index (κ1) is 19.5. The highest BCUT2D eigenvalue weighted by molar-refractivity contribution is 5.95. The molecule has 0 radical (unpaired) electrons. The van der Waals surface area contributed by atoms with E-state index in [1.54, 1.807) is 37.6 Å². The second kappa shape index (κ2) is 8.60. The van der Waals surface area contributed by atoms with Crippen LogP contribution in [0.2, 0.25) is 0 Å². The third-order valence-corrected chi connectivity index (χ3v) is 4.72. The number of carbonyl (C=O) groups excluding carboxylic acids is 2. The molecule has 8 heteroatoms. The lowest BCUT2D eigenvalue weighted by Crippen LogP contribution is -2.37. The van der Waals surface area contributed by atoms with Gasteiger partial charge in [-0.1, -0.05) is 6.07 Å². The standard InChI is InChI=1S/C20H23N3O5/c1-26-17-5-4-13(8-18(17)27-2)9-22-19(24)16-11-21-10-14-12-23(20(25)28-3)7-6-15(14)16/h4-5,8,10-11H,6-7,9,12H2,1-3H3,(H,22,24). The van der Waals surface area contributed by atoms with Gasteiger partial charge in [-0.25, -0.2) is 4.79 Å². The van der Waals surface area contributed by atoms with Crippen LogP contribution in [0.5, 0.6) is 11.5 Å². The number of methoxy groups -OCH3 is 3. The summed E-state index contributed by atoms with van der Waals surface area (Å²) in [5, 5.41) is 2.92. The van der Waals surface area contributed by atoms with Crippen molar-refractivity contribution >= 4 is 12.0 Å². The van der Waals surface area contributed by atoms with Crippen LogP contribution < -0.4 is 14.8 Å². The van der Waals surface area contributed by atoms with Crippen LogP contribution in [0.15, 0.2) is 30.6 Å². The molecule has 0 unspecified atom stereocenters. The second-order valence-corrected chi connectivity index (χ2v) is 6.34. The molecule has 1 aromatic carbocycles. The van der Waals surface area contributed by atoms with Gasteiger partial charge in [0.2, 0.25) is 0 Å². The molecule has 0 spiro atoms. The molecule has 2 aromatic rings. The van der Waals surface area contributed by atoms with Crippen molar-refractivity contribution < 1.29 is 23.8 Å². The molecule has 1 aliphatic rings. The second-order valence-electron chi connectivity index (χ2n) is 6.34. The number of amides is 2. The first-order valence-corrected chi connectivity index (χ1v) is 8.85. The summed E-state index contributed by atoms with van der Waals surface area (Å²) in [6.45, 7) is 1.22. The molecule has 0 aliphatic carbocycles. The molecule has 8 nitrogen and oxygen atoms in total. The van der Waals surface area contributed by atoms with Crippen LogP contribution in [0.3, 0.4) is 0 Å². The largest absolute Gasteiger partial charge is 0.493 e. The van der Waals surface area contributed by atoms with Crippen LogP contribution >= 0.6 is 0 Å². The highest BCUT2D eigenvalue weighted by Crippen LogP contribution is 2.27. The van der Waals surface area contributed by atoms with Crippen LogP contribution in [-0.2, 0) is 24.2 Å².